The van der Waals surface area contributed by atoms with E-state index in [0.717, 1.165) is 17.8 Å². The van der Waals surface area contributed by atoms with Gasteiger partial charge in [-0.2, -0.15) is 4.37 Å². The number of ether oxygens (including phenoxy) is 1. The molecular weight excluding hydrogens is 234 g/mol. The summed E-state index contributed by atoms with van der Waals surface area (Å²) in [5.41, 5.74) is 5.82. The van der Waals surface area contributed by atoms with Crippen LogP contribution in [0, 0.1) is 0 Å². The molecule has 0 bridgehead atoms. The van der Waals surface area contributed by atoms with E-state index in [-0.39, 0.29) is 6.10 Å². The van der Waals surface area contributed by atoms with Gasteiger partial charge in [0.15, 0.2) is 16.6 Å². The van der Waals surface area contributed by atoms with Crippen molar-refractivity contribution in [2.75, 3.05) is 11.1 Å². The van der Waals surface area contributed by atoms with Crippen molar-refractivity contribution in [3.63, 3.8) is 0 Å². The smallest absolute Gasteiger partial charge is 0.197 e. The first kappa shape index (κ1) is 14.1. The van der Waals surface area contributed by atoms with Crippen LogP contribution in [0.25, 0.3) is 0 Å². The number of anilines is 2. The maximum Gasteiger partial charge on any atom is 0.197 e. The summed E-state index contributed by atoms with van der Waals surface area (Å²) in [5, 5.41) is 4.43. The minimum absolute atomic E-state index is 0.112. The fraction of sp³-hybridized carbons (Fsp3) is 0.750. The molecule has 0 amide bonds. The molecular formula is C12H23N3OS. The van der Waals surface area contributed by atoms with Crippen LogP contribution in [0.4, 0.5) is 10.8 Å². The summed E-state index contributed by atoms with van der Waals surface area (Å²) in [6.45, 7) is 8.35. The van der Waals surface area contributed by atoms with E-state index in [2.05, 4.69) is 23.5 Å². The maximum atomic E-state index is 5.82. The second-order valence-corrected chi connectivity index (χ2v) is 5.20. The highest BCUT2D eigenvalue weighted by Crippen LogP contribution is 2.36. The Kier molecular flexibility index (Phi) is 5.55. The van der Waals surface area contributed by atoms with Crippen molar-refractivity contribution in [3.8, 4) is 5.75 Å². The first-order valence-corrected chi connectivity index (χ1v) is 7.04. The van der Waals surface area contributed by atoms with Crippen molar-refractivity contribution >= 4 is 22.4 Å². The molecule has 98 valence electrons. The average Bonchev–Trinajstić information content (AvgIpc) is 2.60. The SMILES string of the molecule is CCCC(CC)Nc1snc(N)c1OC(C)C. The van der Waals surface area contributed by atoms with Crippen molar-refractivity contribution in [3.05, 3.63) is 0 Å². The molecule has 1 unspecified atom stereocenters. The van der Waals surface area contributed by atoms with Crippen LogP contribution >= 0.6 is 11.5 Å². The number of nitrogen functional groups attached to an aromatic ring is 1. The Morgan fingerprint density at radius 3 is 2.65 bits per heavy atom. The van der Waals surface area contributed by atoms with Crippen molar-refractivity contribution in [1.29, 1.82) is 0 Å². The first-order valence-electron chi connectivity index (χ1n) is 6.26. The molecule has 1 aromatic rings. The fourth-order valence-electron chi connectivity index (χ4n) is 1.65. The number of aromatic nitrogens is 1. The lowest BCUT2D eigenvalue weighted by Crippen LogP contribution is -2.18. The maximum absolute atomic E-state index is 5.82. The third kappa shape index (κ3) is 4.07. The van der Waals surface area contributed by atoms with Crippen molar-refractivity contribution < 1.29 is 4.74 Å². The Morgan fingerprint density at radius 1 is 1.41 bits per heavy atom. The summed E-state index contributed by atoms with van der Waals surface area (Å²) in [7, 11) is 0. The minimum Gasteiger partial charge on any atom is -0.484 e. The standard InChI is InChI=1S/C12H23N3OS/c1-5-7-9(6-2)14-12-10(16-8(3)4)11(13)15-17-12/h8-9,14H,5-7H2,1-4H3,(H2,13,15). The van der Waals surface area contributed by atoms with E-state index < -0.39 is 0 Å². The van der Waals surface area contributed by atoms with Gasteiger partial charge in [0.25, 0.3) is 0 Å². The van der Waals surface area contributed by atoms with Crippen LogP contribution < -0.4 is 15.8 Å². The largest absolute Gasteiger partial charge is 0.484 e. The summed E-state index contributed by atoms with van der Waals surface area (Å²) in [4.78, 5) is 0. The Labute approximate surface area is 108 Å². The molecule has 0 aliphatic carbocycles. The molecule has 0 aliphatic rings. The van der Waals surface area contributed by atoms with Gasteiger partial charge in [-0.15, -0.1) is 0 Å². The summed E-state index contributed by atoms with van der Waals surface area (Å²) < 4.78 is 9.85. The van der Waals surface area contributed by atoms with Crippen molar-refractivity contribution in [2.24, 2.45) is 0 Å². The van der Waals surface area contributed by atoms with Crippen LogP contribution in [0.1, 0.15) is 47.0 Å². The summed E-state index contributed by atoms with van der Waals surface area (Å²) in [5.74, 6) is 1.19. The van der Waals surface area contributed by atoms with Gasteiger partial charge in [0.2, 0.25) is 0 Å². The van der Waals surface area contributed by atoms with E-state index in [0.29, 0.717) is 17.6 Å². The molecule has 4 nitrogen and oxygen atoms in total. The predicted octanol–water partition coefficient (Wildman–Crippen LogP) is 3.50. The summed E-state index contributed by atoms with van der Waals surface area (Å²) >= 11 is 1.38. The number of hydrogen-bond donors (Lipinski definition) is 2. The molecule has 17 heavy (non-hydrogen) atoms. The Hall–Kier alpha value is -0.970. The number of rotatable bonds is 7. The van der Waals surface area contributed by atoms with Gasteiger partial charge < -0.3 is 15.8 Å². The molecule has 0 fully saturated rings. The topological polar surface area (TPSA) is 60.2 Å². The van der Waals surface area contributed by atoms with Gasteiger partial charge in [0.05, 0.1) is 6.10 Å². The van der Waals surface area contributed by atoms with E-state index in [4.69, 9.17) is 10.5 Å². The van der Waals surface area contributed by atoms with E-state index in [9.17, 15) is 0 Å². The van der Waals surface area contributed by atoms with Gasteiger partial charge in [0, 0.05) is 6.04 Å². The second kappa shape index (κ2) is 6.69. The molecule has 0 aliphatic heterocycles. The number of nitrogens with one attached hydrogen (secondary N) is 1. The van der Waals surface area contributed by atoms with Crippen molar-refractivity contribution in [1.82, 2.24) is 4.37 Å². The highest BCUT2D eigenvalue weighted by Gasteiger charge is 2.16. The lowest BCUT2D eigenvalue weighted by Gasteiger charge is -2.18. The molecule has 1 atom stereocenters. The Bertz CT molecular complexity index is 338. The molecule has 1 heterocycles. The zero-order valence-electron chi connectivity index (χ0n) is 11.1. The molecule has 5 heteroatoms. The Balaban J connectivity index is 2.75. The van der Waals surface area contributed by atoms with Gasteiger partial charge in [-0.3, -0.25) is 0 Å². The third-order valence-electron chi connectivity index (χ3n) is 2.49. The second-order valence-electron chi connectivity index (χ2n) is 4.43. The van der Waals surface area contributed by atoms with Gasteiger partial charge in [-0.05, 0) is 38.2 Å². The van der Waals surface area contributed by atoms with Crippen LogP contribution in [-0.2, 0) is 0 Å². The van der Waals surface area contributed by atoms with Crippen LogP contribution in [-0.4, -0.2) is 16.5 Å². The zero-order valence-corrected chi connectivity index (χ0v) is 11.9. The molecule has 0 radical (unpaired) electrons. The summed E-state index contributed by atoms with van der Waals surface area (Å²) in [6, 6.07) is 0.467. The molecule has 0 spiro atoms. The van der Waals surface area contributed by atoms with E-state index in [1.54, 1.807) is 0 Å². The zero-order chi connectivity index (χ0) is 12.8. The predicted molar refractivity (Wildman–Crippen MR) is 74.9 cm³/mol. The molecule has 1 aromatic heterocycles. The van der Waals surface area contributed by atoms with E-state index in [1.807, 2.05) is 13.8 Å². The van der Waals surface area contributed by atoms with Crippen LogP contribution in [0.15, 0.2) is 0 Å². The fourth-order valence-corrected chi connectivity index (χ4v) is 2.38. The van der Waals surface area contributed by atoms with Gasteiger partial charge in [0.1, 0.15) is 0 Å². The minimum atomic E-state index is 0.112. The highest BCUT2D eigenvalue weighted by atomic mass is 32.1. The van der Waals surface area contributed by atoms with Crippen LogP contribution in [0.5, 0.6) is 5.75 Å². The normalized spacial score (nSPS) is 12.8. The molecule has 1 rings (SSSR count). The quantitative estimate of drug-likeness (QED) is 0.785. The van der Waals surface area contributed by atoms with E-state index >= 15 is 0 Å². The van der Waals surface area contributed by atoms with Crippen LogP contribution in [0.3, 0.4) is 0 Å². The molecule has 0 saturated heterocycles. The third-order valence-corrected chi connectivity index (χ3v) is 3.27. The highest BCUT2D eigenvalue weighted by molar-refractivity contribution is 7.11. The number of nitrogens with zero attached hydrogens (tertiary/aromatic N) is 1. The van der Waals surface area contributed by atoms with Gasteiger partial charge in [-0.1, -0.05) is 20.3 Å². The number of hydrogen-bond acceptors (Lipinski definition) is 5. The van der Waals surface area contributed by atoms with Gasteiger partial charge >= 0.3 is 0 Å². The van der Waals surface area contributed by atoms with E-state index in [1.165, 1.54) is 18.0 Å². The molecule has 0 aromatic carbocycles. The number of nitrogens with two attached hydrogens (primary N) is 1. The lowest BCUT2D eigenvalue weighted by molar-refractivity contribution is 0.245. The van der Waals surface area contributed by atoms with Crippen molar-refractivity contribution in [2.45, 2.75) is 59.1 Å². The van der Waals surface area contributed by atoms with Gasteiger partial charge in [-0.25, -0.2) is 0 Å². The monoisotopic (exact) mass is 257 g/mol. The van der Waals surface area contributed by atoms with Crippen LogP contribution in [0.2, 0.25) is 0 Å². The average molecular weight is 257 g/mol. The first-order chi connectivity index (χ1) is 8.08. The molecule has 0 saturated carbocycles. The molecule has 3 N–H and O–H groups in total. The lowest BCUT2D eigenvalue weighted by atomic mass is 10.1. The summed E-state index contributed by atoms with van der Waals surface area (Å²) in [6.07, 6.45) is 3.52. The Morgan fingerprint density at radius 2 is 2.12 bits per heavy atom.